The Balaban J connectivity index is 4.17. The van der Waals surface area contributed by atoms with Crippen molar-refractivity contribution in [2.45, 2.75) is 154 Å². The van der Waals surface area contributed by atoms with Gasteiger partial charge in [-0.05, 0) is 44.9 Å². The number of hydrogen-bond donors (Lipinski definition) is 3. The number of phosphoric acid groups is 1. The molecule has 9 nitrogen and oxygen atoms in total. The van der Waals surface area contributed by atoms with Crippen LogP contribution in [0, 0.1) is 0 Å². The minimum absolute atomic E-state index is 0.0692. The lowest BCUT2D eigenvalue weighted by atomic mass is 10.0. The summed E-state index contributed by atoms with van der Waals surface area (Å²) in [5.74, 6) is -1.01. The molecule has 0 bridgehead atoms. The van der Waals surface area contributed by atoms with Crippen LogP contribution in [0.3, 0.4) is 0 Å². The maximum absolute atomic E-state index is 12.3. The molecule has 0 aromatic carbocycles. The van der Waals surface area contributed by atoms with Crippen molar-refractivity contribution in [3.63, 3.8) is 0 Å². The van der Waals surface area contributed by atoms with Crippen molar-refractivity contribution in [2.75, 3.05) is 13.2 Å². The van der Waals surface area contributed by atoms with E-state index in [2.05, 4.69) is 36.6 Å². The van der Waals surface area contributed by atoms with Gasteiger partial charge in [0.2, 0.25) is 0 Å². The highest BCUT2D eigenvalue weighted by atomic mass is 31.2. The van der Waals surface area contributed by atoms with E-state index >= 15 is 0 Å². The third kappa shape index (κ3) is 36.7. The smallest absolute Gasteiger partial charge is 0.462 e. The second kappa shape index (κ2) is 34.9. The summed E-state index contributed by atoms with van der Waals surface area (Å²) in [6.07, 6.45) is 41.1. The van der Waals surface area contributed by atoms with E-state index in [4.69, 9.17) is 19.3 Å². The van der Waals surface area contributed by atoms with Crippen LogP contribution in [0.25, 0.3) is 0 Å². The van der Waals surface area contributed by atoms with Gasteiger partial charge in [-0.1, -0.05) is 157 Å². The number of ether oxygens (including phenoxy) is 2. The lowest BCUT2D eigenvalue weighted by Gasteiger charge is -2.18. The maximum Gasteiger partial charge on any atom is 0.469 e. The Bertz CT molecular complexity index is 1060. The van der Waals surface area contributed by atoms with Gasteiger partial charge >= 0.3 is 19.8 Å². The van der Waals surface area contributed by atoms with Crippen LogP contribution >= 0.6 is 7.82 Å². The summed E-state index contributed by atoms with van der Waals surface area (Å²) >= 11 is 0. The average Bonchev–Trinajstić information content (AvgIpc) is 3.07. The molecule has 0 fully saturated rings. The fourth-order valence-electron chi connectivity index (χ4n) is 4.78. The zero-order chi connectivity index (χ0) is 37.0. The first-order chi connectivity index (χ1) is 24.2. The van der Waals surface area contributed by atoms with E-state index in [1.165, 1.54) is 51.4 Å². The summed E-state index contributed by atoms with van der Waals surface area (Å²) in [7, 11) is -4.78. The van der Waals surface area contributed by atoms with Crippen LogP contribution in [0.1, 0.15) is 142 Å². The van der Waals surface area contributed by atoms with Crippen LogP contribution < -0.4 is 0 Å². The molecule has 0 rings (SSSR count). The Morgan fingerprint density at radius 1 is 0.640 bits per heavy atom. The van der Waals surface area contributed by atoms with Crippen molar-refractivity contribution in [1.29, 1.82) is 0 Å². The molecule has 0 amide bonds. The molecular weight excluding hydrogens is 655 g/mol. The molecule has 0 aliphatic heterocycles. The molecule has 286 valence electrons. The van der Waals surface area contributed by atoms with Crippen molar-refractivity contribution in [3.05, 3.63) is 72.9 Å². The van der Waals surface area contributed by atoms with Crippen LogP contribution in [-0.2, 0) is 28.2 Å². The molecule has 0 radical (unpaired) electrons. The first-order valence-electron chi connectivity index (χ1n) is 18.8. The highest BCUT2D eigenvalue weighted by Crippen LogP contribution is 2.35. The summed E-state index contributed by atoms with van der Waals surface area (Å²) in [5.41, 5.74) is 0. The van der Waals surface area contributed by atoms with Crippen LogP contribution in [-0.4, -0.2) is 52.3 Å². The van der Waals surface area contributed by atoms with E-state index in [9.17, 15) is 19.3 Å². The van der Waals surface area contributed by atoms with Gasteiger partial charge in [-0.15, -0.1) is 0 Å². The average molecular weight is 723 g/mol. The number of allylic oxidation sites excluding steroid dienone is 10. The molecule has 3 N–H and O–H groups in total. The summed E-state index contributed by atoms with van der Waals surface area (Å²) in [6.45, 7) is 3.39. The highest BCUT2D eigenvalue weighted by Gasteiger charge is 2.22. The van der Waals surface area contributed by atoms with E-state index in [0.29, 0.717) is 19.3 Å². The van der Waals surface area contributed by atoms with Crippen LogP contribution in [0.4, 0.5) is 0 Å². The monoisotopic (exact) mass is 722 g/mol. The first kappa shape index (κ1) is 47.4. The van der Waals surface area contributed by atoms with Gasteiger partial charge in [-0.25, -0.2) is 4.57 Å². The molecule has 0 aliphatic carbocycles. The summed E-state index contributed by atoms with van der Waals surface area (Å²) in [4.78, 5) is 42.6. The minimum Gasteiger partial charge on any atom is -0.462 e. The van der Waals surface area contributed by atoms with Crippen LogP contribution in [0.2, 0.25) is 0 Å². The number of rotatable bonds is 33. The van der Waals surface area contributed by atoms with E-state index in [-0.39, 0.29) is 19.4 Å². The molecule has 50 heavy (non-hydrogen) atoms. The third-order valence-electron chi connectivity index (χ3n) is 7.58. The van der Waals surface area contributed by atoms with Crippen molar-refractivity contribution in [2.24, 2.45) is 0 Å². The van der Waals surface area contributed by atoms with E-state index in [1.54, 1.807) is 6.08 Å². The first-order valence-corrected chi connectivity index (χ1v) is 20.4. The van der Waals surface area contributed by atoms with Crippen molar-refractivity contribution in [3.8, 4) is 0 Å². The van der Waals surface area contributed by atoms with E-state index < -0.39 is 38.6 Å². The SMILES string of the molecule is CC/C=C\CC(O)/C=C/C=C/C/C=C\C/C=C\C/C=C\CCC(=O)O[C@H](COC(=O)CCCCCCCCCCCCCC)COP(=O)(O)O. The van der Waals surface area contributed by atoms with Gasteiger partial charge in [-0.3, -0.25) is 14.1 Å². The number of hydrogen-bond acceptors (Lipinski definition) is 7. The predicted molar refractivity (Wildman–Crippen MR) is 203 cm³/mol. The highest BCUT2D eigenvalue weighted by molar-refractivity contribution is 7.46. The normalized spacial score (nSPS) is 13.9. The molecule has 0 aromatic rings. The van der Waals surface area contributed by atoms with Crippen molar-refractivity contribution >= 4 is 19.8 Å². The fraction of sp³-hybridized carbons (Fsp3) is 0.650. The fourth-order valence-corrected chi connectivity index (χ4v) is 5.14. The minimum atomic E-state index is -4.78. The van der Waals surface area contributed by atoms with Crippen LogP contribution in [0.5, 0.6) is 0 Å². The number of carbonyl (C=O) groups is 2. The number of unbranched alkanes of at least 4 members (excludes halogenated alkanes) is 11. The van der Waals surface area contributed by atoms with Gasteiger partial charge < -0.3 is 24.4 Å². The van der Waals surface area contributed by atoms with Gasteiger partial charge in [0, 0.05) is 12.8 Å². The molecule has 0 aromatic heterocycles. The van der Waals surface area contributed by atoms with E-state index in [0.717, 1.165) is 44.9 Å². The van der Waals surface area contributed by atoms with Gasteiger partial charge in [-0.2, -0.15) is 0 Å². The molecule has 0 aliphatic rings. The zero-order valence-electron chi connectivity index (χ0n) is 30.9. The van der Waals surface area contributed by atoms with Gasteiger partial charge in [0.15, 0.2) is 6.10 Å². The molecule has 0 heterocycles. The lowest BCUT2D eigenvalue weighted by molar-refractivity contribution is -0.161. The number of aliphatic hydroxyl groups is 1. The van der Waals surface area contributed by atoms with Crippen LogP contribution in [0.15, 0.2) is 72.9 Å². The largest absolute Gasteiger partial charge is 0.469 e. The molecular formula is C40H67O9P. The Kier molecular flexibility index (Phi) is 33.1. The lowest BCUT2D eigenvalue weighted by Crippen LogP contribution is -2.29. The summed E-state index contributed by atoms with van der Waals surface area (Å²) in [6, 6.07) is 0. The standard InChI is InChI=1S/C40H67O9P/c1-3-5-7-8-9-10-11-16-19-22-25-29-33-39(42)47-35-38(36-48-50(44,45)46)49-40(43)34-30-26-23-20-17-14-12-13-15-18-21-24-28-32-37(41)31-27-6-4-2/h6,13-15,17,21,23-24,26-28,32,37-38,41H,3-5,7-12,16,18-20,22,25,29-31,33-36H2,1-2H3,(H2,44,45,46)/b15-13-,17-14-,24-21+,26-23-,27-6-,32-28+/t37?,38-/m1/s1. The number of aliphatic hydroxyl groups excluding tert-OH is 1. The molecule has 0 saturated carbocycles. The maximum atomic E-state index is 12.3. The van der Waals surface area contributed by atoms with Gasteiger partial charge in [0.05, 0.1) is 12.7 Å². The second-order valence-electron chi connectivity index (χ2n) is 12.4. The van der Waals surface area contributed by atoms with Gasteiger partial charge in [0.1, 0.15) is 6.61 Å². The molecule has 1 unspecified atom stereocenters. The number of phosphoric ester groups is 1. The summed E-state index contributed by atoms with van der Waals surface area (Å²) < 4.78 is 26.2. The van der Waals surface area contributed by atoms with Crippen molar-refractivity contribution < 1.29 is 43.0 Å². The predicted octanol–water partition coefficient (Wildman–Crippen LogP) is 10.1. The zero-order valence-corrected chi connectivity index (χ0v) is 31.8. The summed E-state index contributed by atoms with van der Waals surface area (Å²) in [5, 5.41) is 9.80. The second-order valence-corrected chi connectivity index (χ2v) is 13.6. The topological polar surface area (TPSA) is 140 Å². The number of carbonyl (C=O) groups excluding carboxylic acids is 2. The van der Waals surface area contributed by atoms with Gasteiger partial charge in [0.25, 0.3) is 0 Å². The Hall–Kier alpha value is -2.55. The molecule has 10 heteroatoms. The molecule has 0 saturated heterocycles. The Labute approximate surface area is 302 Å². The van der Waals surface area contributed by atoms with E-state index in [1.807, 2.05) is 48.6 Å². The number of esters is 2. The Morgan fingerprint density at radius 2 is 1.20 bits per heavy atom. The van der Waals surface area contributed by atoms with Crippen molar-refractivity contribution in [1.82, 2.24) is 0 Å². The molecule has 0 spiro atoms. The molecule has 2 atom stereocenters. The quantitative estimate of drug-likeness (QED) is 0.0198. The Morgan fingerprint density at radius 3 is 1.78 bits per heavy atom. The third-order valence-corrected chi connectivity index (χ3v) is 8.07.